The molecule has 1 unspecified atom stereocenters. The highest BCUT2D eigenvalue weighted by Gasteiger charge is 2.32. The van der Waals surface area contributed by atoms with Crippen LogP contribution in [0.1, 0.15) is 33.6 Å². The number of esters is 1. The average Bonchev–Trinajstić information content (AvgIpc) is 3.46. The Balaban J connectivity index is 1.55. The van der Waals surface area contributed by atoms with E-state index < -0.39 is 19.8 Å². The van der Waals surface area contributed by atoms with Crippen LogP contribution in [0.4, 0.5) is 0 Å². The van der Waals surface area contributed by atoms with Gasteiger partial charge in [0.15, 0.2) is 0 Å². The van der Waals surface area contributed by atoms with E-state index in [4.69, 9.17) is 28.0 Å². The number of aromatic nitrogens is 4. The van der Waals surface area contributed by atoms with Crippen LogP contribution in [0, 0.1) is 5.92 Å². The van der Waals surface area contributed by atoms with Crippen LogP contribution < -0.4 is 19.1 Å². The number of carbonyl (C=O) groups is 1. The first kappa shape index (κ1) is 32.0. The highest BCUT2D eigenvalue weighted by atomic mass is 31.2. The number of para-hydroxylation sites is 1. The summed E-state index contributed by atoms with van der Waals surface area (Å²) in [6, 6.07) is 7.82. The van der Waals surface area contributed by atoms with Crippen molar-refractivity contribution in [3.05, 3.63) is 48.9 Å². The van der Waals surface area contributed by atoms with Crippen LogP contribution in [-0.4, -0.2) is 65.8 Å². The molecule has 14 heteroatoms. The number of hydrogen-bond donors (Lipinski definition) is 1. The summed E-state index contributed by atoms with van der Waals surface area (Å²) in [5, 5.41) is 6.96. The van der Waals surface area contributed by atoms with E-state index in [-0.39, 0.29) is 31.9 Å². The highest BCUT2D eigenvalue weighted by Crippen LogP contribution is 2.44. The van der Waals surface area contributed by atoms with Gasteiger partial charge in [-0.25, -0.2) is 14.2 Å². The first-order valence-corrected chi connectivity index (χ1v) is 14.8. The van der Waals surface area contributed by atoms with Crippen LogP contribution in [0.25, 0.3) is 11.1 Å². The Bertz CT molecular complexity index is 1270. The van der Waals surface area contributed by atoms with Crippen molar-refractivity contribution in [2.75, 3.05) is 34.0 Å². The van der Waals surface area contributed by atoms with Crippen LogP contribution in [0.3, 0.4) is 0 Å². The van der Waals surface area contributed by atoms with E-state index in [0.29, 0.717) is 23.8 Å². The summed E-state index contributed by atoms with van der Waals surface area (Å²) >= 11 is 0. The zero-order valence-corrected chi connectivity index (χ0v) is 24.9. The Labute approximate surface area is 240 Å². The summed E-state index contributed by atoms with van der Waals surface area (Å²) in [5.74, 6) is 0.399. The van der Waals surface area contributed by atoms with Gasteiger partial charge in [-0.1, -0.05) is 44.9 Å². The van der Waals surface area contributed by atoms with Crippen molar-refractivity contribution in [2.45, 2.75) is 46.4 Å². The van der Waals surface area contributed by atoms with E-state index in [0.717, 1.165) is 18.4 Å². The molecule has 0 fully saturated rings. The molecule has 0 saturated heterocycles. The largest absolute Gasteiger partial charge is 0.480 e. The Morgan fingerprint density at radius 1 is 1.07 bits per heavy atom. The molecule has 0 aliphatic carbocycles. The second-order valence-corrected chi connectivity index (χ2v) is 10.7. The predicted octanol–water partition coefficient (Wildman–Crippen LogP) is 4.49. The normalized spacial score (nSPS) is 13.4. The number of nitrogens with one attached hydrogen (secondary N) is 1. The van der Waals surface area contributed by atoms with Crippen molar-refractivity contribution >= 4 is 13.7 Å². The van der Waals surface area contributed by atoms with E-state index in [2.05, 4.69) is 20.2 Å². The number of methoxy groups -OCH3 is 2. The molecule has 3 aromatic rings. The van der Waals surface area contributed by atoms with E-state index >= 15 is 0 Å². The number of hydrogen-bond acceptors (Lipinski definition) is 11. The SMILES string of the molecule is CCC(CC)COC(=O)[C@H](C)NP(=O)(OCCOCn1cc(-c2cnc(OC)nc2OC)cn1)Oc1ccccc1. The molecule has 13 nitrogen and oxygen atoms in total. The van der Waals surface area contributed by atoms with Crippen molar-refractivity contribution in [2.24, 2.45) is 5.92 Å². The van der Waals surface area contributed by atoms with Crippen molar-refractivity contribution in [3.8, 4) is 28.8 Å². The van der Waals surface area contributed by atoms with Crippen molar-refractivity contribution in [1.29, 1.82) is 0 Å². The van der Waals surface area contributed by atoms with Gasteiger partial charge in [-0.3, -0.25) is 9.32 Å². The minimum atomic E-state index is -3.97. The van der Waals surface area contributed by atoms with Crippen LogP contribution in [0.5, 0.6) is 17.6 Å². The van der Waals surface area contributed by atoms with E-state index in [1.54, 1.807) is 60.5 Å². The minimum Gasteiger partial charge on any atom is -0.480 e. The Morgan fingerprint density at radius 2 is 1.83 bits per heavy atom. The quantitative estimate of drug-likeness (QED) is 0.126. The zero-order valence-electron chi connectivity index (χ0n) is 24.0. The van der Waals surface area contributed by atoms with Gasteiger partial charge in [0.2, 0.25) is 5.88 Å². The Kier molecular flexibility index (Phi) is 12.5. The van der Waals surface area contributed by atoms with Gasteiger partial charge < -0.3 is 23.5 Å². The van der Waals surface area contributed by atoms with Gasteiger partial charge in [-0.2, -0.15) is 15.2 Å². The van der Waals surface area contributed by atoms with Crippen molar-refractivity contribution in [1.82, 2.24) is 24.8 Å². The van der Waals surface area contributed by atoms with Gasteiger partial charge in [0.05, 0.1) is 45.8 Å². The highest BCUT2D eigenvalue weighted by molar-refractivity contribution is 7.52. The second-order valence-electron chi connectivity index (χ2n) is 8.98. The number of benzene rings is 1. The first-order chi connectivity index (χ1) is 19.8. The first-order valence-electron chi connectivity index (χ1n) is 13.3. The molecule has 0 saturated carbocycles. The molecule has 2 atom stereocenters. The monoisotopic (exact) mass is 591 g/mol. The lowest BCUT2D eigenvalue weighted by molar-refractivity contribution is -0.146. The molecule has 1 aromatic carbocycles. The maximum Gasteiger partial charge on any atom is 0.459 e. The molecule has 0 aliphatic heterocycles. The lowest BCUT2D eigenvalue weighted by Crippen LogP contribution is -2.36. The average molecular weight is 592 g/mol. The standard InChI is InChI=1S/C27H38N5O8P/c1-6-21(7-2)18-38-26(33)20(3)31-41(34,40-23-11-9-8-10-12-23)39-14-13-37-19-32-17-22(15-29-32)24-16-28-27(36-5)30-25(24)35-4/h8-12,15-17,20-21H,6-7,13-14,18-19H2,1-5H3,(H,31,34)/t20-,41?/m0/s1. The third-order valence-corrected chi connectivity index (χ3v) is 7.73. The van der Waals surface area contributed by atoms with Gasteiger partial charge in [0.25, 0.3) is 0 Å². The topological polar surface area (TPSA) is 145 Å². The Morgan fingerprint density at radius 3 is 2.51 bits per heavy atom. The molecular formula is C27H38N5O8P. The van der Waals surface area contributed by atoms with Crippen molar-refractivity contribution in [3.63, 3.8) is 0 Å². The van der Waals surface area contributed by atoms with Crippen molar-refractivity contribution < 1.29 is 37.4 Å². The summed E-state index contributed by atoms with van der Waals surface area (Å²) in [6.07, 6.45) is 6.75. The molecule has 0 amide bonds. The summed E-state index contributed by atoms with van der Waals surface area (Å²) < 4.78 is 47.8. The third kappa shape index (κ3) is 9.82. The molecule has 0 bridgehead atoms. The summed E-state index contributed by atoms with van der Waals surface area (Å²) in [6.45, 7) is 6.01. The second kappa shape index (κ2) is 16.1. The maximum absolute atomic E-state index is 13.6. The molecular weight excluding hydrogens is 553 g/mol. The van der Waals surface area contributed by atoms with Crippen LogP contribution in [0.15, 0.2) is 48.9 Å². The van der Waals surface area contributed by atoms with E-state index in [1.807, 2.05) is 13.8 Å². The molecule has 224 valence electrons. The molecule has 0 radical (unpaired) electrons. The van der Waals surface area contributed by atoms with E-state index in [9.17, 15) is 9.36 Å². The lowest BCUT2D eigenvalue weighted by atomic mass is 10.1. The molecule has 1 N–H and O–H groups in total. The number of rotatable bonds is 18. The fraction of sp³-hybridized carbons (Fsp3) is 0.481. The molecule has 3 rings (SSSR count). The van der Waals surface area contributed by atoms with E-state index in [1.165, 1.54) is 14.2 Å². The number of ether oxygens (including phenoxy) is 4. The third-order valence-electron chi connectivity index (χ3n) is 6.05. The Hall–Kier alpha value is -3.51. The minimum absolute atomic E-state index is 0.0709. The maximum atomic E-state index is 13.6. The van der Waals surface area contributed by atoms with Gasteiger partial charge >= 0.3 is 19.7 Å². The molecule has 2 aromatic heterocycles. The lowest BCUT2D eigenvalue weighted by Gasteiger charge is -2.23. The fourth-order valence-electron chi connectivity index (χ4n) is 3.60. The van der Waals surface area contributed by atoms with Gasteiger partial charge in [-0.15, -0.1) is 0 Å². The van der Waals surface area contributed by atoms with Gasteiger partial charge in [0.1, 0.15) is 18.5 Å². The van der Waals surface area contributed by atoms with Crippen LogP contribution in [-0.2, 0) is 30.1 Å². The van der Waals surface area contributed by atoms with Gasteiger partial charge in [-0.05, 0) is 25.0 Å². The zero-order chi connectivity index (χ0) is 29.7. The molecule has 41 heavy (non-hydrogen) atoms. The summed E-state index contributed by atoms with van der Waals surface area (Å²) in [7, 11) is -0.989. The molecule has 2 heterocycles. The predicted molar refractivity (Wildman–Crippen MR) is 151 cm³/mol. The van der Waals surface area contributed by atoms with Crippen LogP contribution in [0.2, 0.25) is 0 Å². The fourth-order valence-corrected chi connectivity index (χ4v) is 5.07. The summed E-state index contributed by atoms with van der Waals surface area (Å²) in [4.78, 5) is 20.8. The van der Waals surface area contributed by atoms with Crippen LogP contribution >= 0.6 is 7.75 Å². The summed E-state index contributed by atoms with van der Waals surface area (Å²) in [5.41, 5.74) is 1.36. The number of nitrogens with zero attached hydrogens (tertiary/aromatic N) is 4. The smallest absolute Gasteiger partial charge is 0.459 e. The molecule has 0 aliphatic rings. The number of carbonyl (C=O) groups excluding carboxylic acids is 1. The van der Waals surface area contributed by atoms with Gasteiger partial charge in [0, 0.05) is 18.0 Å². The molecule has 0 spiro atoms.